The fourth-order valence-electron chi connectivity index (χ4n) is 5.09. The normalized spacial score (nSPS) is 17.6. The molecule has 1 fully saturated rings. The van der Waals surface area contributed by atoms with Gasteiger partial charge in [-0.2, -0.15) is 0 Å². The van der Waals surface area contributed by atoms with Crippen LogP contribution in [0, 0.1) is 0 Å². The highest BCUT2D eigenvalue weighted by molar-refractivity contribution is 5.93. The number of pyridine rings is 1. The number of para-hydroxylation sites is 1. The molecule has 0 saturated carbocycles. The van der Waals surface area contributed by atoms with Gasteiger partial charge < -0.3 is 21.1 Å². The molecule has 1 saturated heterocycles. The number of hydrogen-bond donors (Lipinski definition) is 3. The van der Waals surface area contributed by atoms with Crippen molar-refractivity contribution in [2.75, 3.05) is 35.6 Å². The highest BCUT2D eigenvalue weighted by Crippen LogP contribution is 2.33. The van der Waals surface area contributed by atoms with Gasteiger partial charge in [0.1, 0.15) is 5.82 Å². The second-order valence-corrected chi connectivity index (χ2v) is 10.1. The molecule has 2 aliphatic heterocycles. The standard InChI is InChI=1S/C28H33N5O2/c1-28(2,35)21-8-5-7-19(14-21)23-15-26(30-16-24(23)29)32-12-10-22(11-13-32)33-17-20-6-3-4-9-25(20)31-27(34)18-33/h3-9,14-16,22,35H,10-13,17-18,29H2,1-2H3,(H,31,34). The van der Waals surface area contributed by atoms with Crippen molar-refractivity contribution >= 4 is 23.1 Å². The fraction of sp³-hybridized carbons (Fsp3) is 0.357. The van der Waals surface area contributed by atoms with Crippen molar-refractivity contribution in [1.82, 2.24) is 9.88 Å². The minimum Gasteiger partial charge on any atom is -0.397 e. The lowest BCUT2D eigenvalue weighted by atomic mass is 9.94. The van der Waals surface area contributed by atoms with Gasteiger partial charge in [0.05, 0.1) is 24.0 Å². The van der Waals surface area contributed by atoms with Crippen LogP contribution in [0.1, 0.15) is 37.8 Å². The zero-order chi connectivity index (χ0) is 24.6. The summed E-state index contributed by atoms with van der Waals surface area (Å²) in [5.41, 5.74) is 10.8. The first-order chi connectivity index (χ1) is 16.8. The average molecular weight is 472 g/mol. The van der Waals surface area contributed by atoms with E-state index in [1.807, 2.05) is 42.5 Å². The molecule has 182 valence electrons. The number of nitrogens with two attached hydrogens (primary N) is 1. The van der Waals surface area contributed by atoms with Crippen LogP contribution in [0.15, 0.2) is 60.8 Å². The van der Waals surface area contributed by atoms with Crippen LogP contribution in [-0.2, 0) is 16.9 Å². The molecule has 1 aromatic heterocycles. The van der Waals surface area contributed by atoms with Crippen LogP contribution in [-0.4, -0.2) is 46.6 Å². The van der Waals surface area contributed by atoms with E-state index in [9.17, 15) is 9.90 Å². The van der Waals surface area contributed by atoms with Crippen molar-refractivity contribution < 1.29 is 9.90 Å². The van der Waals surface area contributed by atoms with Gasteiger partial charge in [-0.15, -0.1) is 0 Å². The van der Waals surface area contributed by atoms with Crippen LogP contribution in [0.2, 0.25) is 0 Å². The predicted octanol–water partition coefficient (Wildman–Crippen LogP) is 3.98. The Morgan fingerprint density at radius 2 is 1.83 bits per heavy atom. The summed E-state index contributed by atoms with van der Waals surface area (Å²) in [6, 6.07) is 18.3. The minimum absolute atomic E-state index is 0.0514. The lowest BCUT2D eigenvalue weighted by Gasteiger charge is -2.38. The van der Waals surface area contributed by atoms with Gasteiger partial charge in [-0.25, -0.2) is 4.98 Å². The van der Waals surface area contributed by atoms with Gasteiger partial charge in [0.15, 0.2) is 0 Å². The molecule has 2 aromatic carbocycles. The van der Waals surface area contributed by atoms with E-state index in [-0.39, 0.29) is 5.91 Å². The number of rotatable bonds is 4. The quantitative estimate of drug-likeness (QED) is 0.533. The molecule has 0 atom stereocenters. The van der Waals surface area contributed by atoms with E-state index in [2.05, 4.69) is 32.2 Å². The summed E-state index contributed by atoms with van der Waals surface area (Å²) in [6.45, 7) is 6.49. The molecule has 5 rings (SSSR count). The Kier molecular flexibility index (Phi) is 6.21. The molecule has 7 nitrogen and oxygen atoms in total. The molecule has 35 heavy (non-hydrogen) atoms. The molecule has 0 radical (unpaired) electrons. The van der Waals surface area contributed by atoms with Crippen LogP contribution in [0.4, 0.5) is 17.2 Å². The van der Waals surface area contributed by atoms with Crippen molar-refractivity contribution in [3.63, 3.8) is 0 Å². The summed E-state index contributed by atoms with van der Waals surface area (Å²) in [4.78, 5) is 21.7. The highest BCUT2D eigenvalue weighted by atomic mass is 16.3. The number of carbonyl (C=O) groups is 1. The molecule has 0 unspecified atom stereocenters. The molecule has 2 aliphatic rings. The first-order valence-electron chi connectivity index (χ1n) is 12.2. The van der Waals surface area contributed by atoms with Crippen molar-refractivity contribution in [3.8, 4) is 11.1 Å². The van der Waals surface area contributed by atoms with E-state index in [0.717, 1.165) is 60.7 Å². The highest BCUT2D eigenvalue weighted by Gasteiger charge is 2.29. The summed E-state index contributed by atoms with van der Waals surface area (Å²) in [5, 5.41) is 13.5. The predicted molar refractivity (Wildman–Crippen MR) is 140 cm³/mol. The van der Waals surface area contributed by atoms with Crippen molar-refractivity contribution in [2.24, 2.45) is 0 Å². The summed E-state index contributed by atoms with van der Waals surface area (Å²) in [7, 11) is 0. The van der Waals surface area contributed by atoms with Crippen LogP contribution in [0.25, 0.3) is 11.1 Å². The summed E-state index contributed by atoms with van der Waals surface area (Å²) < 4.78 is 0. The van der Waals surface area contributed by atoms with Crippen molar-refractivity contribution in [3.05, 3.63) is 71.9 Å². The number of hydrogen-bond acceptors (Lipinski definition) is 6. The second-order valence-electron chi connectivity index (χ2n) is 10.1. The Balaban J connectivity index is 1.31. The van der Waals surface area contributed by atoms with Gasteiger partial charge in [-0.3, -0.25) is 9.69 Å². The minimum atomic E-state index is -0.923. The SMILES string of the molecule is CC(C)(O)c1cccc(-c2cc(N3CCC(N4CC(=O)Nc5ccccc5C4)CC3)ncc2N)c1. The van der Waals surface area contributed by atoms with E-state index in [0.29, 0.717) is 18.3 Å². The number of anilines is 3. The molecule has 1 amide bonds. The Morgan fingerprint density at radius 3 is 2.60 bits per heavy atom. The average Bonchev–Trinajstić information content (AvgIpc) is 3.02. The van der Waals surface area contributed by atoms with E-state index < -0.39 is 5.60 Å². The van der Waals surface area contributed by atoms with Crippen LogP contribution >= 0.6 is 0 Å². The zero-order valence-electron chi connectivity index (χ0n) is 20.4. The maximum atomic E-state index is 12.5. The first kappa shape index (κ1) is 23.3. The van der Waals surface area contributed by atoms with E-state index in [1.54, 1.807) is 20.0 Å². The van der Waals surface area contributed by atoms with Crippen LogP contribution in [0.5, 0.6) is 0 Å². The number of benzene rings is 2. The smallest absolute Gasteiger partial charge is 0.238 e. The van der Waals surface area contributed by atoms with E-state index in [1.165, 1.54) is 5.56 Å². The van der Waals surface area contributed by atoms with E-state index in [4.69, 9.17) is 5.73 Å². The van der Waals surface area contributed by atoms with Gasteiger partial charge >= 0.3 is 0 Å². The largest absolute Gasteiger partial charge is 0.397 e. The second kappa shape index (κ2) is 9.32. The Bertz CT molecular complexity index is 1230. The third-order valence-electron chi connectivity index (χ3n) is 7.12. The molecule has 3 heterocycles. The molecule has 3 aromatic rings. The van der Waals surface area contributed by atoms with Gasteiger partial charge in [0, 0.05) is 36.9 Å². The number of nitrogens with zero attached hydrogens (tertiary/aromatic N) is 3. The fourth-order valence-corrected chi connectivity index (χ4v) is 5.09. The first-order valence-corrected chi connectivity index (χ1v) is 12.2. The number of amides is 1. The monoisotopic (exact) mass is 471 g/mol. The van der Waals surface area contributed by atoms with Crippen LogP contribution in [0.3, 0.4) is 0 Å². The maximum absolute atomic E-state index is 12.5. The third kappa shape index (κ3) is 5.01. The number of aromatic nitrogens is 1. The Labute approximate surface area is 206 Å². The number of aliphatic hydroxyl groups is 1. The van der Waals surface area contributed by atoms with Gasteiger partial charge in [0.2, 0.25) is 5.91 Å². The maximum Gasteiger partial charge on any atom is 0.238 e. The Hall–Kier alpha value is -3.42. The number of nitrogens with one attached hydrogen (secondary N) is 1. The summed E-state index contributed by atoms with van der Waals surface area (Å²) in [6.07, 6.45) is 3.65. The van der Waals surface area contributed by atoms with E-state index >= 15 is 0 Å². The van der Waals surface area contributed by atoms with Crippen molar-refractivity contribution in [1.29, 1.82) is 0 Å². The van der Waals surface area contributed by atoms with Gasteiger partial charge in [-0.1, -0.05) is 36.4 Å². The molecular formula is C28H33N5O2. The lowest BCUT2D eigenvalue weighted by molar-refractivity contribution is -0.117. The van der Waals surface area contributed by atoms with Crippen LogP contribution < -0.4 is 16.0 Å². The molecule has 7 heteroatoms. The molecule has 0 spiro atoms. The zero-order valence-corrected chi connectivity index (χ0v) is 20.4. The van der Waals surface area contributed by atoms with Gasteiger partial charge in [-0.05, 0) is 61.6 Å². The molecule has 4 N–H and O–H groups in total. The number of carbonyl (C=O) groups excluding carboxylic acids is 1. The number of nitrogen functional groups attached to an aromatic ring is 1. The Morgan fingerprint density at radius 1 is 1.06 bits per heavy atom. The number of piperidine rings is 1. The van der Waals surface area contributed by atoms with Gasteiger partial charge in [0.25, 0.3) is 0 Å². The molecule has 0 aliphatic carbocycles. The molecular weight excluding hydrogens is 438 g/mol. The molecule has 0 bridgehead atoms. The number of fused-ring (bicyclic) bond motifs is 1. The third-order valence-corrected chi connectivity index (χ3v) is 7.12. The summed E-state index contributed by atoms with van der Waals surface area (Å²) in [5.74, 6) is 0.954. The lowest BCUT2D eigenvalue weighted by Crippen LogP contribution is -2.46. The van der Waals surface area contributed by atoms with Crippen molar-refractivity contribution in [2.45, 2.75) is 44.9 Å². The summed E-state index contributed by atoms with van der Waals surface area (Å²) >= 11 is 0. The topological polar surface area (TPSA) is 94.7 Å².